The molecule has 0 aromatic heterocycles. The summed E-state index contributed by atoms with van der Waals surface area (Å²) in [5, 5.41) is 13.3. The molecule has 0 spiro atoms. The highest BCUT2D eigenvalue weighted by Crippen LogP contribution is 2.20. The molecule has 0 radical (unpaired) electrons. The number of oxime groups is 1. The van der Waals surface area contributed by atoms with Crippen molar-refractivity contribution < 1.29 is 24.2 Å². The van der Waals surface area contributed by atoms with Gasteiger partial charge >= 0.3 is 5.97 Å². The highest BCUT2D eigenvalue weighted by molar-refractivity contribution is 6.15. The molecular weight excluding hydrogens is 334 g/mol. The molecule has 0 atom stereocenters. The van der Waals surface area contributed by atoms with Crippen molar-refractivity contribution in [2.45, 2.75) is 13.0 Å². The van der Waals surface area contributed by atoms with Crippen molar-refractivity contribution in [1.29, 1.82) is 0 Å². The van der Waals surface area contributed by atoms with E-state index in [4.69, 9.17) is 14.3 Å². The Morgan fingerprint density at radius 1 is 1.15 bits per heavy atom. The molecule has 0 aliphatic carbocycles. The van der Waals surface area contributed by atoms with E-state index in [9.17, 15) is 9.90 Å². The first-order valence-electron chi connectivity index (χ1n) is 7.97. The molecule has 1 N–H and O–H groups in total. The number of carboxylic acid groups (broad SMARTS) is 1. The molecule has 0 unspecified atom stereocenters. The first kappa shape index (κ1) is 19.1. The summed E-state index contributed by atoms with van der Waals surface area (Å²) in [5.74, 6) is -0.291. The van der Waals surface area contributed by atoms with Crippen LogP contribution in [0.15, 0.2) is 59.9 Å². The first-order valence-corrected chi connectivity index (χ1v) is 7.97. The maximum Gasteiger partial charge on any atom is 0.339 e. The SMILES string of the molecule is CO/C=C(/C(=O)O)c1ccccc1CC=NOCc1cccc(OC)c1. The topological polar surface area (TPSA) is 77.4 Å². The van der Waals surface area contributed by atoms with Crippen molar-refractivity contribution in [3.8, 4) is 5.75 Å². The van der Waals surface area contributed by atoms with Gasteiger partial charge in [0, 0.05) is 12.6 Å². The molecule has 2 rings (SSSR count). The number of benzene rings is 2. The molecule has 6 heteroatoms. The Hall–Kier alpha value is -3.28. The van der Waals surface area contributed by atoms with Crippen molar-refractivity contribution >= 4 is 17.8 Å². The zero-order valence-electron chi connectivity index (χ0n) is 14.7. The molecule has 0 saturated carbocycles. The lowest BCUT2D eigenvalue weighted by atomic mass is 9.99. The lowest BCUT2D eigenvalue weighted by Crippen LogP contribution is -2.04. The summed E-state index contributed by atoms with van der Waals surface area (Å²) in [6, 6.07) is 14.7. The average Bonchev–Trinajstić information content (AvgIpc) is 2.66. The molecule has 0 saturated heterocycles. The molecule has 26 heavy (non-hydrogen) atoms. The molecule has 0 fully saturated rings. The Labute approximate surface area is 152 Å². The van der Waals surface area contributed by atoms with E-state index in [2.05, 4.69) is 5.16 Å². The van der Waals surface area contributed by atoms with Gasteiger partial charge in [0.25, 0.3) is 0 Å². The van der Waals surface area contributed by atoms with Gasteiger partial charge in [-0.25, -0.2) is 4.79 Å². The van der Waals surface area contributed by atoms with Crippen LogP contribution in [0.3, 0.4) is 0 Å². The zero-order valence-corrected chi connectivity index (χ0v) is 14.7. The van der Waals surface area contributed by atoms with Gasteiger partial charge in [-0.05, 0) is 28.8 Å². The average molecular weight is 355 g/mol. The van der Waals surface area contributed by atoms with Gasteiger partial charge in [-0.15, -0.1) is 0 Å². The van der Waals surface area contributed by atoms with Crippen LogP contribution in [0.5, 0.6) is 5.75 Å². The molecule has 0 bridgehead atoms. The largest absolute Gasteiger partial charge is 0.503 e. The molecule has 0 amide bonds. The maximum absolute atomic E-state index is 11.4. The summed E-state index contributed by atoms with van der Waals surface area (Å²) in [4.78, 5) is 16.7. The minimum atomic E-state index is -1.05. The van der Waals surface area contributed by atoms with Gasteiger partial charge < -0.3 is 19.4 Å². The van der Waals surface area contributed by atoms with Gasteiger partial charge in [-0.2, -0.15) is 0 Å². The van der Waals surface area contributed by atoms with Crippen LogP contribution in [0.1, 0.15) is 16.7 Å². The van der Waals surface area contributed by atoms with Crippen molar-refractivity contribution in [3.05, 3.63) is 71.5 Å². The summed E-state index contributed by atoms with van der Waals surface area (Å²) in [6.45, 7) is 0.319. The fourth-order valence-corrected chi connectivity index (χ4v) is 2.37. The number of hydrogen-bond acceptors (Lipinski definition) is 5. The molecule has 6 nitrogen and oxygen atoms in total. The second kappa shape index (κ2) is 9.88. The first-order chi connectivity index (χ1) is 12.7. The molecule has 136 valence electrons. The second-order valence-electron chi connectivity index (χ2n) is 5.35. The van der Waals surface area contributed by atoms with Crippen LogP contribution in [0.4, 0.5) is 0 Å². The van der Waals surface area contributed by atoms with Crippen LogP contribution in [-0.4, -0.2) is 31.5 Å². The third-order valence-electron chi connectivity index (χ3n) is 3.60. The Morgan fingerprint density at radius 3 is 2.69 bits per heavy atom. The number of carboxylic acids is 1. The van der Waals surface area contributed by atoms with Crippen LogP contribution in [0.2, 0.25) is 0 Å². The number of carbonyl (C=O) groups is 1. The van der Waals surface area contributed by atoms with E-state index in [1.807, 2.05) is 36.4 Å². The minimum absolute atomic E-state index is 0.0915. The number of methoxy groups -OCH3 is 2. The van der Waals surface area contributed by atoms with Gasteiger partial charge in [0.15, 0.2) is 0 Å². The van der Waals surface area contributed by atoms with E-state index in [0.29, 0.717) is 18.6 Å². The van der Waals surface area contributed by atoms with Crippen molar-refractivity contribution in [3.63, 3.8) is 0 Å². The monoisotopic (exact) mass is 355 g/mol. The van der Waals surface area contributed by atoms with E-state index in [-0.39, 0.29) is 5.57 Å². The Bertz CT molecular complexity index is 798. The highest BCUT2D eigenvalue weighted by Gasteiger charge is 2.14. The van der Waals surface area contributed by atoms with Gasteiger partial charge in [0.2, 0.25) is 0 Å². The van der Waals surface area contributed by atoms with E-state index in [1.54, 1.807) is 25.5 Å². The van der Waals surface area contributed by atoms with E-state index in [0.717, 1.165) is 16.9 Å². The molecule has 0 aliphatic heterocycles. The van der Waals surface area contributed by atoms with Crippen LogP contribution in [-0.2, 0) is 27.4 Å². The number of rotatable bonds is 9. The summed E-state index contributed by atoms with van der Waals surface area (Å²) >= 11 is 0. The third kappa shape index (κ3) is 5.37. The minimum Gasteiger partial charge on any atom is -0.503 e. The van der Waals surface area contributed by atoms with Crippen LogP contribution in [0, 0.1) is 0 Å². The van der Waals surface area contributed by atoms with Crippen LogP contribution >= 0.6 is 0 Å². The predicted octanol–water partition coefficient (Wildman–Crippen LogP) is 3.51. The van der Waals surface area contributed by atoms with Gasteiger partial charge in [0.05, 0.1) is 20.5 Å². The quantitative estimate of drug-likeness (QED) is 0.322. The molecule has 0 aliphatic rings. The predicted molar refractivity (Wildman–Crippen MR) is 99.0 cm³/mol. The normalized spacial score (nSPS) is 11.4. The summed E-state index contributed by atoms with van der Waals surface area (Å²) in [6.07, 6.45) is 3.26. The van der Waals surface area contributed by atoms with E-state index >= 15 is 0 Å². The van der Waals surface area contributed by atoms with Crippen LogP contribution in [0.25, 0.3) is 5.57 Å². The standard InChI is InChI=1S/C20H21NO5/c1-24-14-19(20(22)23)18-9-4-3-7-16(18)10-11-21-26-13-15-6-5-8-17(12-15)25-2/h3-9,11-12,14H,10,13H2,1-2H3,(H,22,23)/b19-14+,21-11?. The summed E-state index contributed by atoms with van der Waals surface area (Å²) in [5.41, 5.74) is 2.43. The summed E-state index contributed by atoms with van der Waals surface area (Å²) in [7, 11) is 3.03. The fourth-order valence-electron chi connectivity index (χ4n) is 2.37. The van der Waals surface area contributed by atoms with Crippen molar-refractivity contribution in [2.24, 2.45) is 5.16 Å². The van der Waals surface area contributed by atoms with Crippen molar-refractivity contribution in [2.75, 3.05) is 14.2 Å². The van der Waals surface area contributed by atoms with Crippen LogP contribution < -0.4 is 4.74 Å². The lowest BCUT2D eigenvalue weighted by molar-refractivity contribution is -0.130. The Balaban J connectivity index is 2.00. The zero-order chi connectivity index (χ0) is 18.8. The van der Waals surface area contributed by atoms with E-state index < -0.39 is 5.97 Å². The lowest BCUT2D eigenvalue weighted by Gasteiger charge is -2.08. The van der Waals surface area contributed by atoms with Gasteiger partial charge in [-0.3, -0.25) is 0 Å². The number of aliphatic carboxylic acids is 1. The molecule has 2 aromatic rings. The van der Waals surface area contributed by atoms with Gasteiger partial charge in [-0.1, -0.05) is 41.6 Å². The Morgan fingerprint density at radius 2 is 1.96 bits per heavy atom. The van der Waals surface area contributed by atoms with E-state index in [1.165, 1.54) is 13.4 Å². The fraction of sp³-hybridized carbons (Fsp3) is 0.200. The number of nitrogens with zero attached hydrogens (tertiary/aromatic N) is 1. The smallest absolute Gasteiger partial charge is 0.339 e. The Kier molecular flexibility index (Phi) is 7.24. The second-order valence-corrected chi connectivity index (χ2v) is 5.35. The number of hydrogen-bond donors (Lipinski definition) is 1. The van der Waals surface area contributed by atoms with Gasteiger partial charge in [0.1, 0.15) is 17.9 Å². The molecular formula is C20H21NO5. The maximum atomic E-state index is 11.4. The third-order valence-corrected chi connectivity index (χ3v) is 3.60. The number of ether oxygens (including phenoxy) is 2. The van der Waals surface area contributed by atoms with Crippen molar-refractivity contribution in [1.82, 2.24) is 0 Å². The summed E-state index contributed by atoms with van der Waals surface area (Å²) < 4.78 is 10.0. The molecule has 2 aromatic carbocycles. The molecule has 0 heterocycles. The highest BCUT2D eigenvalue weighted by atomic mass is 16.6.